The zero-order chi connectivity index (χ0) is 16.7. The highest BCUT2D eigenvalue weighted by Crippen LogP contribution is 2.25. The van der Waals surface area contributed by atoms with E-state index in [1.165, 1.54) is 4.57 Å². The zero-order valence-corrected chi connectivity index (χ0v) is 13.7. The van der Waals surface area contributed by atoms with Crippen molar-refractivity contribution in [2.45, 2.75) is 39.3 Å². The second kappa shape index (κ2) is 5.84. The van der Waals surface area contributed by atoms with Crippen LogP contribution in [0.3, 0.4) is 0 Å². The third-order valence-corrected chi connectivity index (χ3v) is 4.50. The first-order valence-electron chi connectivity index (χ1n) is 8.01. The van der Waals surface area contributed by atoms with Gasteiger partial charge in [-0.2, -0.15) is 4.98 Å². The highest BCUT2D eigenvalue weighted by atomic mass is 16.3. The van der Waals surface area contributed by atoms with Crippen molar-refractivity contribution in [1.82, 2.24) is 19.1 Å². The van der Waals surface area contributed by atoms with Crippen LogP contribution in [0.5, 0.6) is 0 Å². The molecule has 126 valence electrons. The lowest BCUT2D eigenvalue weighted by molar-refractivity contribution is 0.175. The summed E-state index contributed by atoms with van der Waals surface area (Å²) in [7, 11) is 1.59. The van der Waals surface area contributed by atoms with E-state index >= 15 is 0 Å². The lowest BCUT2D eigenvalue weighted by Crippen LogP contribution is -2.35. The summed E-state index contributed by atoms with van der Waals surface area (Å²) in [6.45, 7) is 5.88. The van der Waals surface area contributed by atoms with Gasteiger partial charge in [-0.1, -0.05) is 6.92 Å². The molecule has 0 aromatic carbocycles. The van der Waals surface area contributed by atoms with Gasteiger partial charge in [0, 0.05) is 20.1 Å². The van der Waals surface area contributed by atoms with E-state index in [2.05, 4.69) is 21.8 Å². The van der Waals surface area contributed by atoms with Crippen LogP contribution >= 0.6 is 0 Å². The molecular formula is C15H23N5O3. The first-order valence-corrected chi connectivity index (χ1v) is 8.01. The Hall–Kier alpha value is -2.09. The Bertz CT molecular complexity index is 824. The Balaban J connectivity index is 2.20. The maximum atomic E-state index is 12.3. The van der Waals surface area contributed by atoms with E-state index in [0.717, 1.165) is 25.9 Å². The minimum Gasteiger partial charge on any atom is -0.392 e. The highest BCUT2D eigenvalue weighted by Gasteiger charge is 2.24. The number of rotatable bonds is 3. The number of hydrogen-bond donors (Lipinski definition) is 2. The van der Waals surface area contributed by atoms with Crippen LogP contribution in [-0.2, 0) is 13.6 Å². The number of aliphatic hydroxyl groups is 1. The molecule has 3 heterocycles. The molecule has 1 fully saturated rings. The molecule has 23 heavy (non-hydrogen) atoms. The summed E-state index contributed by atoms with van der Waals surface area (Å²) in [6.07, 6.45) is 1.51. The molecule has 2 N–H and O–H groups in total. The van der Waals surface area contributed by atoms with E-state index < -0.39 is 17.4 Å². The van der Waals surface area contributed by atoms with Gasteiger partial charge in [-0.15, -0.1) is 0 Å². The lowest BCUT2D eigenvalue weighted by Gasteiger charge is -2.31. The number of nitrogens with zero attached hydrogens (tertiary/aromatic N) is 4. The Morgan fingerprint density at radius 2 is 2.00 bits per heavy atom. The number of H-pyrrole nitrogens is 1. The fourth-order valence-electron chi connectivity index (χ4n) is 3.11. The van der Waals surface area contributed by atoms with Crippen molar-refractivity contribution in [3.63, 3.8) is 0 Å². The third kappa shape index (κ3) is 2.78. The molecule has 0 unspecified atom stereocenters. The van der Waals surface area contributed by atoms with Gasteiger partial charge in [0.15, 0.2) is 11.2 Å². The molecule has 3 rings (SSSR count). The molecule has 1 aliphatic heterocycles. The lowest BCUT2D eigenvalue weighted by atomic mass is 10.00. The molecule has 2 aromatic rings. The molecule has 1 aliphatic rings. The van der Waals surface area contributed by atoms with Crippen LogP contribution in [0.25, 0.3) is 11.2 Å². The van der Waals surface area contributed by atoms with Gasteiger partial charge < -0.3 is 14.6 Å². The number of fused-ring (bicyclic) bond motifs is 1. The molecule has 0 amide bonds. The summed E-state index contributed by atoms with van der Waals surface area (Å²) >= 11 is 0. The summed E-state index contributed by atoms with van der Waals surface area (Å²) in [4.78, 5) is 33.1. The van der Waals surface area contributed by atoms with Crippen LogP contribution in [0.2, 0.25) is 0 Å². The number of aliphatic hydroxyl groups excluding tert-OH is 1. The number of imidazole rings is 1. The maximum absolute atomic E-state index is 12.3. The van der Waals surface area contributed by atoms with Gasteiger partial charge in [0.1, 0.15) is 0 Å². The summed E-state index contributed by atoms with van der Waals surface area (Å²) in [5.41, 5.74) is -0.259. The molecule has 1 saturated heterocycles. The quantitative estimate of drug-likeness (QED) is 0.832. The Labute approximate surface area is 133 Å². The van der Waals surface area contributed by atoms with Crippen LogP contribution in [0.15, 0.2) is 9.59 Å². The van der Waals surface area contributed by atoms with Gasteiger partial charge in [-0.05, 0) is 25.7 Å². The molecule has 0 bridgehead atoms. The fourth-order valence-corrected chi connectivity index (χ4v) is 3.11. The first kappa shape index (κ1) is 15.8. The predicted molar refractivity (Wildman–Crippen MR) is 87.9 cm³/mol. The smallest absolute Gasteiger partial charge is 0.329 e. The Morgan fingerprint density at radius 3 is 2.61 bits per heavy atom. The van der Waals surface area contributed by atoms with Crippen molar-refractivity contribution in [2.24, 2.45) is 13.0 Å². The van der Waals surface area contributed by atoms with Crippen molar-refractivity contribution in [2.75, 3.05) is 18.0 Å². The van der Waals surface area contributed by atoms with Crippen LogP contribution in [-0.4, -0.2) is 43.4 Å². The topological polar surface area (TPSA) is 96.2 Å². The van der Waals surface area contributed by atoms with Gasteiger partial charge >= 0.3 is 5.69 Å². The molecular weight excluding hydrogens is 298 g/mol. The average Bonchev–Trinajstić information content (AvgIpc) is 2.85. The predicted octanol–water partition coefficient (Wildman–Crippen LogP) is 0.0404. The van der Waals surface area contributed by atoms with Gasteiger partial charge in [0.2, 0.25) is 5.95 Å². The van der Waals surface area contributed by atoms with Gasteiger partial charge in [0.25, 0.3) is 5.56 Å². The summed E-state index contributed by atoms with van der Waals surface area (Å²) in [6, 6.07) is 0. The molecule has 2 aromatic heterocycles. The van der Waals surface area contributed by atoms with E-state index in [1.807, 2.05) is 0 Å². The number of anilines is 1. The number of aromatic nitrogens is 4. The maximum Gasteiger partial charge on any atom is 0.329 e. The van der Waals surface area contributed by atoms with E-state index in [0.29, 0.717) is 23.0 Å². The van der Waals surface area contributed by atoms with Crippen molar-refractivity contribution in [3.05, 3.63) is 20.8 Å². The summed E-state index contributed by atoms with van der Waals surface area (Å²) < 4.78 is 3.07. The van der Waals surface area contributed by atoms with E-state index in [-0.39, 0.29) is 6.54 Å². The van der Waals surface area contributed by atoms with Crippen LogP contribution in [0.1, 0.15) is 26.7 Å². The van der Waals surface area contributed by atoms with Crippen LogP contribution in [0, 0.1) is 5.92 Å². The molecule has 1 atom stereocenters. The molecule has 8 heteroatoms. The largest absolute Gasteiger partial charge is 0.392 e. The van der Waals surface area contributed by atoms with E-state index in [4.69, 9.17) is 0 Å². The second-order valence-corrected chi connectivity index (χ2v) is 6.53. The summed E-state index contributed by atoms with van der Waals surface area (Å²) in [5.74, 6) is 1.33. The first-order chi connectivity index (χ1) is 10.9. The minimum absolute atomic E-state index is 0.263. The van der Waals surface area contributed by atoms with Crippen molar-refractivity contribution < 1.29 is 5.11 Å². The number of aryl methyl sites for hydroxylation is 1. The molecule has 8 nitrogen and oxygen atoms in total. The fraction of sp³-hybridized carbons (Fsp3) is 0.667. The Morgan fingerprint density at radius 1 is 1.35 bits per heavy atom. The highest BCUT2D eigenvalue weighted by molar-refractivity contribution is 5.74. The van der Waals surface area contributed by atoms with E-state index in [9.17, 15) is 14.7 Å². The van der Waals surface area contributed by atoms with Crippen LogP contribution in [0.4, 0.5) is 5.95 Å². The van der Waals surface area contributed by atoms with Crippen LogP contribution < -0.4 is 16.1 Å². The molecule has 0 radical (unpaired) electrons. The van der Waals surface area contributed by atoms with Crippen molar-refractivity contribution in [1.29, 1.82) is 0 Å². The van der Waals surface area contributed by atoms with Gasteiger partial charge in [-0.3, -0.25) is 14.3 Å². The Kier molecular flexibility index (Phi) is 4.01. The van der Waals surface area contributed by atoms with Gasteiger partial charge in [-0.25, -0.2) is 4.79 Å². The average molecular weight is 321 g/mol. The summed E-state index contributed by atoms with van der Waals surface area (Å²) in [5, 5.41) is 9.82. The minimum atomic E-state index is -0.619. The molecule has 0 aliphatic carbocycles. The SMILES string of the molecule is CC1CCN(c2nc3c(c(=O)[nH]c(=O)n3C)n2C[C@@H](C)O)CC1. The standard InChI is InChI=1S/C15H23N5O3/c1-9-4-6-19(7-5-9)14-16-12-11(20(14)8-10(2)21)13(22)17-15(23)18(12)3/h9-10,21H,4-8H2,1-3H3,(H,17,22,23)/t10-/m1/s1. The van der Waals surface area contributed by atoms with E-state index in [1.54, 1.807) is 18.5 Å². The molecule has 0 spiro atoms. The van der Waals surface area contributed by atoms with Gasteiger partial charge in [0.05, 0.1) is 12.6 Å². The monoisotopic (exact) mass is 321 g/mol. The number of aromatic amines is 1. The second-order valence-electron chi connectivity index (χ2n) is 6.53. The molecule has 0 saturated carbocycles. The number of piperidine rings is 1. The van der Waals surface area contributed by atoms with Crippen molar-refractivity contribution in [3.8, 4) is 0 Å². The number of nitrogens with one attached hydrogen (secondary N) is 1. The van der Waals surface area contributed by atoms with Crippen molar-refractivity contribution >= 4 is 17.1 Å². The zero-order valence-electron chi connectivity index (χ0n) is 13.7. The number of hydrogen-bond acceptors (Lipinski definition) is 5. The third-order valence-electron chi connectivity index (χ3n) is 4.50. The normalized spacial score (nSPS) is 17.8.